The fourth-order valence-electron chi connectivity index (χ4n) is 2.82. The van der Waals surface area contributed by atoms with E-state index in [4.69, 9.17) is 0 Å². The maximum Gasteiger partial charge on any atom is 0.262 e. The van der Waals surface area contributed by atoms with Crippen LogP contribution in [-0.2, 0) is 7.05 Å². The van der Waals surface area contributed by atoms with Crippen LogP contribution in [0.3, 0.4) is 0 Å². The third-order valence-electron chi connectivity index (χ3n) is 4.37. The van der Waals surface area contributed by atoms with E-state index in [-0.39, 0.29) is 11.0 Å². The van der Waals surface area contributed by atoms with Crippen molar-refractivity contribution in [3.8, 4) is 0 Å². The third kappa shape index (κ3) is 2.23. The van der Waals surface area contributed by atoms with Gasteiger partial charge >= 0.3 is 0 Å². The molecule has 1 amide bonds. The molecule has 118 valence electrons. The minimum atomic E-state index is -0.487. The monoisotopic (exact) mass is 312 g/mol. The molecule has 1 aliphatic carbocycles. The minimum absolute atomic E-state index is 0.0369. The highest BCUT2D eigenvalue weighted by Gasteiger charge is 2.35. The summed E-state index contributed by atoms with van der Waals surface area (Å²) < 4.78 is 1.55. The summed E-state index contributed by atoms with van der Waals surface area (Å²) in [5, 5.41) is 14.1. The Bertz CT molecular complexity index is 966. The predicted molar refractivity (Wildman–Crippen MR) is 84.4 cm³/mol. The van der Waals surface area contributed by atoms with E-state index >= 15 is 0 Å². The van der Waals surface area contributed by atoms with Crippen LogP contribution in [0, 0.1) is 5.92 Å². The van der Waals surface area contributed by atoms with Crippen LogP contribution < -0.4 is 10.7 Å². The lowest BCUT2D eigenvalue weighted by atomic mass is 10.2. The van der Waals surface area contributed by atoms with Crippen molar-refractivity contribution in [2.75, 3.05) is 5.32 Å². The molecule has 0 radical (unpaired) electrons. The summed E-state index contributed by atoms with van der Waals surface area (Å²) in [7, 11) is 1.72. The number of aryl methyl sites for hydroxylation is 1. The van der Waals surface area contributed by atoms with Crippen LogP contribution in [0.5, 0.6) is 0 Å². The molecule has 0 unspecified atom stereocenters. The Labute approximate surface area is 130 Å². The summed E-state index contributed by atoms with van der Waals surface area (Å²) in [6.07, 6.45) is 3.98. The summed E-state index contributed by atoms with van der Waals surface area (Å²) in [4.78, 5) is 27.6. The van der Waals surface area contributed by atoms with Crippen LogP contribution in [-0.4, -0.2) is 30.9 Å². The molecule has 0 aliphatic heterocycles. The number of rotatable bonds is 3. The second kappa shape index (κ2) is 4.80. The molecule has 0 saturated heterocycles. The van der Waals surface area contributed by atoms with E-state index in [2.05, 4.69) is 32.5 Å². The number of fused-ring (bicyclic) bond motifs is 1. The van der Waals surface area contributed by atoms with Gasteiger partial charge in [0.2, 0.25) is 5.43 Å². The standard InChI is InChI=1S/C15H16N6O2/c1-7-3-8(7)11-4-12(20-19-11)18-15(23)10-5-16-14-9(13(10)22)6-17-21(14)2/h4-8H,3H2,1-2H3,(H,16,22)(H2,18,19,20,23)/t7-,8+/m1/s1. The fourth-order valence-corrected chi connectivity index (χ4v) is 2.82. The molecule has 0 bridgehead atoms. The zero-order chi connectivity index (χ0) is 16.1. The number of H-pyrrole nitrogens is 2. The van der Waals surface area contributed by atoms with Crippen LogP contribution in [0.25, 0.3) is 11.0 Å². The lowest BCUT2D eigenvalue weighted by Crippen LogP contribution is -2.22. The topological polar surface area (TPSA) is 108 Å². The average Bonchev–Trinajstić information content (AvgIpc) is 2.93. The van der Waals surface area contributed by atoms with Gasteiger partial charge in [-0.05, 0) is 12.3 Å². The normalized spacial score (nSPS) is 19.9. The van der Waals surface area contributed by atoms with Crippen molar-refractivity contribution in [1.29, 1.82) is 0 Å². The van der Waals surface area contributed by atoms with Crippen LogP contribution >= 0.6 is 0 Å². The largest absolute Gasteiger partial charge is 0.345 e. The Morgan fingerprint density at radius 3 is 3.00 bits per heavy atom. The molecule has 3 aromatic heterocycles. The van der Waals surface area contributed by atoms with E-state index in [1.54, 1.807) is 11.7 Å². The molecule has 0 spiro atoms. The molecule has 0 aromatic carbocycles. The Hall–Kier alpha value is -2.90. The Kier molecular flexibility index (Phi) is 2.87. The Morgan fingerprint density at radius 2 is 2.26 bits per heavy atom. The van der Waals surface area contributed by atoms with Crippen molar-refractivity contribution in [2.45, 2.75) is 19.3 Å². The molecule has 1 aliphatic rings. The van der Waals surface area contributed by atoms with Crippen LogP contribution in [0.2, 0.25) is 0 Å². The van der Waals surface area contributed by atoms with Crippen molar-refractivity contribution in [3.63, 3.8) is 0 Å². The summed E-state index contributed by atoms with van der Waals surface area (Å²) in [6, 6.07) is 1.82. The van der Waals surface area contributed by atoms with Crippen molar-refractivity contribution in [2.24, 2.45) is 13.0 Å². The number of aromatic amines is 2. The van der Waals surface area contributed by atoms with Gasteiger partial charge < -0.3 is 10.3 Å². The molecule has 1 fully saturated rings. The number of carbonyl (C=O) groups is 1. The van der Waals surface area contributed by atoms with Gasteiger partial charge in [0.15, 0.2) is 5.82 Å². The predicted octanol–water partition coefficient (Wildman–Crippen LogP) is 1.36. The molecule has 23 heavy (non-hydrogen) atoms. The number of nitrogens with one attached hydrogen (secondary N) is 3. The Morgan fingerprint density at radius 1 is 1.48 bits per heavy atom. The van der Waals surface area contributed by atoms with Gasteiger partial charge in [-0.25, -0.2) is 0 Å². The van der Waals surface area contributed by atoms with E-state index in [9.17, 15) is 9.59 Å². The number of hydrogen-bond acceptors (Lipinski definition) is 4. The first kappa shape index (κ1) is 13.7. The Balaban J connectivity index is 1.60. The van der Waals surface area contributed by atoms with Gasteiger partial charge in [-0.15, -0.1) is 0 Å². The van der Waals surface area contributed by atoms with Gasteiger partial charge in [-0.1, -0.05) is 6.92 Å². The molecule has 2 atom stereocenters. The van der Waals surface area contributed by atoms with E-state index in [1.807, 2.05) is 6.07 Å². The minimum Gasteiger partial charge on any atom is -0.345 e. The summed E-state index contributed by atoms with van der Waals surface area (Å²) in [6.45, 7) is 2.17. The fraction of sp³-hybridized carbons (Fsp3) is 0.333. The van der Waals surface area contributed by atoms with E-state index in [0.29, 0.717) is 28.7 Å². The van der Waals surface area contributed by atoms with Crippen molar-refractivity contribution in [1.82, 2.24) is 25.0 Å². The number of amides is 1. The van der Waals surface area contributed by atoms with E-state index in [0.717, 1.165) is 12.1 Å². The van der Waals surface area contributed by atoms with Gasteiger partial charge in [-0.2, -0.15) is 10.2 Å². The average molecular weight is 312 g/mol. The van der Waals surface area contributed by atoms with E-state index in [1.165, 1.54) is 12.4 Å². The number of anilines is 1. The van der Waals surface area contributed by atoms with Crippen LogP contribution in [0.15, 0.2) is 23.3 Å². The maximum absolute atomic E-state index is 12.4. The number of nitrogens with zero attached hydrogens (tertiary/aromatic N) is 3. The second-order valence-corrected chi connectivity index (χ2v) is 6.04. The first-order chi connectivity index (χ1) is 11.0. The first-order valence-corrected chi connectivity index (χ1v) is 7.44. The zero-order valence-corrected chi connectivity index (χ0v) is 12.8. The molecular weight excluding hydrogens is 296 g/mol. The molecule has 8 nitrogen and oxygen atoms in total. The van der Waals surface area contributed by atoms with Crippen molar-refractivity contribution >= 4 is 22.8 Å². The van der Waals surface area contributed by atoms with Crippen molar-refractivity contribution in [3.05, 3.63) is 39.9 Å². The van der Waals surface area contributed by atoms with Gasteiger partial charge in [0, 0.05) is 30.9 Å². The zero-order valence-electron chi connectivity index (χ0n) is 12.8. The summed E-state index contributed by atoms with van der Waals surface area (Å²) in [5.74, 6) is 1.08. The summed E-state index contributed by atoms with van der Waals surface area (Å²) >= 11 is 0. The second-order valence-electron chi connectivity index (χ2n) is 6.04. The number of pyridine rings is 1. The summed E-state index contributed by atoms with van der Waals surface area (Å²) in [5.41, 5.74) is 1.28. The molecule has 3 N–H and O–H groups in total. The van der Waals surface area contributed by atoms with Gasteiger partial charge in [0.05, 0.1) is 11.6 Å². The third-order valence-corrected chi connectivity index (χ3v) is 4.37. The van der Waals surface area contributed by atoms with Crippen LogP contribution in [0.1, 0.15) is 35.3 Å². The number of carbonyl (C=O) groups excluding carboxylic acids is 1. The lowest BCUT2D eigenvalue weighted by molar-refractivity contribution is 0.102. The number of hydrogen-bond donors (Lipinski definition) is 3. The SMILES string of the molecule is C[C@@H]1C[C@@H]1c1cc(NC(=O)c2c[nH]c3c(cnn3C)c2=O)n[nH]1. The molecule has 3 heterocycles. The van der Waals surface area contributed by atoms with Crippen LogP contribution in [0.4, 0.5) is 5.82 Å². The molecule has 3 aromatic rings. The van der Waals surface area contributed by atoms with E-state index < -0.39 is 5.91 Å². The first-order valence-electron chi connectivity index (χ1n) is 7.44. The smallest absolute Gasteiger partial charge is 0.262 e. The number of aromatic nitrogens is 5. The molecule has 8 heteroatoms. The molecular formula is C15H16N6O2. The lowest BCUT2D eigenvalue weighted by Gasteiger charge is -2.02. The quantitative estimate of drug-likeness (QED) is 0.678. The van der Waals surface area contributed by atoms with Gasteiger partial charge in [0.25, 0.3) is 5.91 Å². The highest BCUT2D eigenvalue weighted by atomic mass is 16.2. The van der Waals surface area contributed by atoms with Gasteiger partial charge in [0.1, 0.15) is 11.2 Å². The highest BCUT2D eigenvalue weighted by Crippen LogP contribution is 2.46. The van der Waals surface area contributed by atoms with Crippen molar-refractivity contribution < 1.29 is 4.79 Å². The molecule has 1 saturated carbocycles. The highest BCUT2D eigenvalue weighted by molar-refractivity contribution is 6.05. The van der Waals surface area contributed by atoms with Gasteiger partial charge in [-0.3, -0.25) is 19.4 Å². The maximum atomic E-state index is 12.4. The molecule has 4 rings (SSSR count).